The van der Waals surface area contributed by atoms with E-state index in [4.69, 9.17) is 4.74 Å². The van der Waals surface area contributed by atoms with Gasteiger partial charge in [0.15, 0.2) is 0 Å². The third-order valence-electron chi connectivity index (χ3n) is 4.08. The fraction of sp³-hybridized carbons (Fsp3) is 0.750. The highest BCUT2D eigenvalue weighted by atomic mass is 32.1. The summed E-state index contributed by atoms with van der Waals surface area (Å²) in [6.45, 7) is 11.8. The summed E-state index contributed by atoms with van der Waals surface area (Å²) in [5.41, 5.74) is 0. The van der Waals surface area contributed by atoms with Crippen molar-refractivity contribution in [2.24, 2.45) is 5.92 Å². The van der Waals surface area contributed by atoms with Crippen LogP contribution in [0.3, 0.4) is 0 Å². The zero-order chi connectivity index (χ0) is 14.4. The SMILES string of the molecule is CCNC1CCOCC1CN(Cc1cccs1)C(C)C. The third-order valence-corrected chi connectivity index (χ3v) is 4.94. The van der Waals surface area contributed by atoms with E-state index in [9.17, 15) is 0 Å². The molecule has 2 rings (SSSR count). The molecule has 0 bridgehead atoms. The Kier molecular flexibility index (Phi) is 6.49. The number of thiophene rings is 1. The second-order valence-electron chi connectivity index (χ2n) is 5.89. The van der Waals surface area contributed by atoms with Gasteiger partial charge in [-0.2, -0.15) is 0 Å². The molecule has 2 atom stereocenters. The average Bonchev–Trinajstić information content (AvgIpc) is 2.93. The summed E-state index contributed by atoms with van der Waals surface area (Å²) in [5, 5.41) is 5.80. The maximum Gasteiger partial charge on any atom is 0.0521 e. The van der Waals surface area contributed by atoms with Crippen LogP contribution in [0.2, 0.25) is 0 Å². The second kappa shape index (κ2) is 8.13. The minimum Gasteiger partial charge on any atom is -0.381 e. The Hall–Kier alpha value is -0.420. The molecule has 2 heterocycles. The Bertz CT molecular complexity index is 365. The predicted octanol–water partition coefficient (Wildman–Crippen LogP) is 2.97. The molecule has 0 amide bonds. The largest absolute Gasteiger partial charge is 0.381 e. The van der Waals surface area contributed by atoms with Gasteiger partial charge < -0.3 is 10.1 Å². The first-order chi connectivity index (χ1) is 9.70. The number of hydrogen-bond donors (Lipinski definition) is 1. The van der Waals surface area contributed by atoms with Gasteiger partial charge >= 0.3 is 0 Å². The minimum atomic E-state index is 0.571. The highest BCUT2D eigenvalue weighted by Crippen LogP contribution is 2.20. The summed E-state index contributed by atoms with van der Waals surface area (Å²) in [6, 6.07) is 5.56. The molecule has 0 spiro atoms. The van der Waals surface area contributed by atoms with Crippen LogP contribution in [0, 0.1) is 5.92 Å². The summed E-state index contributed by atoms with van der Waals surface area (Å²) in [7, 11) is 0. The van der Waals surface area contributed by atoms with Crippen molar-refractivity contribution in [3.8, 4) is 0 Å². The molecule has 114 valence electrons. The fourth-order valence-corrected chi connectivity index (χ4v) is 3.60. The van der Waals surface area contributed by atoms with Gasteiger partial charge in [-0.3, -0.25) is 4.90 Å². The molecule has 4 heteroatoms. The topological polar surface area (TPSA) is 24.5 Å². The molecule has 1 aliphatic heterocycles. The predicted molar refractivity (Wildman–Crippen MR) is 86.3 cm³/mol. The van der Waals surface area contributed by atoms with Gasteiger partial charge in [-0.1, -0.05) is 13.0 Å². The van der Waals surface area contributed by atoms with Crippen LogP contribution in [0.1, 0.15) is 32.1 Å². The maximum atomic E-state index is 5.71. The van der Waals surface area contributed by atoms with E-state index in [0.29, 0.717) is 18.0 Å². The highest BCUT2D eigenvalue weighted by Gasteiger charge is 2.27. The number of ether oxygens (including phenoxy) is 1. The van der Waals surface area contributed by atoms with E-state index in [1.54, 1.807) is 0 Å². The van der Waals surface area contributed by atoms with Gasteiger partial charge in [0.25, 0.3) is 0 Å². The first kappa shape index (κ1) is 16.0. The van der Waals surface area contributed by atoms with Gasteiger partial charge in [0.05, 0.1) is 6.61 Å². The molecule has 0 saturated carbocycles. The van der Waals surface area contributed by atoms with Crippen molar-refractivity contribution in [3.63, 3.8) is 0 Å². The van der Waals surface area contributed by atoms with Crippen LogP contribution in [0.25, 0.3) is 0 Å². The molecule has 1 N–H and O–H groups in total. The van der Waals surface area contributed by atoms with Crippen molar-refractivity contribution in [2.45, 2.75) is 45.8 Å². The molecule has 3 nitrogen and oxygen atoms in total. The quantitative estimate of drug-likeness (QED) is 0.837. The van der Waals surface area contributed by atoms with Crippen molar-refractivity contribution in [3.05, 3.63) is 22.4 Å². The van der Waals surface area contributed by atoms with Gasteiger partial charge in [-0.15, -0.1) is 11.3 Å². The van der Waals surface area contributed by atoms with Crippen molar-refractivity contribution in [2.75, 3.05) is 26.3 Å². The molecular formula is C16H28N2OS. The molecule has 2 unspecified atom stereocenters. The van der Waals surface area contributed by atoms with Crippen molar-refractivity contribution < 1.29 is 4.74 Å². The zero-order valence-electron chi connectivity index (χ0n) is 13.0. The lowest BCUT2D eigenvalue weighted by Gasteiger charge is -2.37. The van der Waals surface area contributed by atoms with Crippen LogP contribution in [0.15, 0.2) is 17.5 Å². The van der Waals surface area contributed by atoms with Crippen LogP contribution in [-0.4, -0.2) is 43.3 Å². The molecule has 1 aromatic heterocycles. The highest BCUT2D eigenvalue weighted by molar-refractivity contribution is 7.09. The van der Waals surface area contributed by atoms with Crippen LogP contribution in [0.5, 0.6) is 0 Å². The summed E-state index contributed by atoms with van der Waals surface area (Å²) < 4.78 is 5.71. The molecule has 0 aliphatic carbocycles. The average molecular weight is 296 g/mol. The normalized spacial score (nSPS) is 23.6. The Labute approximate surface area is 127 Å². The minimum absolute atomic E-state index is 0.571. The van der Waals surface area contributed by atoms with Crippen molar-refractivity contribution in [1.82, 2.24) is 10.2 Å². The third kappa shape index (κ3) is 4.55. The summed E-state index contributed by atoms with van der Waals surface area (Å²) >= 11 is 1.85. The second-order valence-corrected chi connectivity index (χ2v) is 6.92. The Morgan fingerprint density at radius 1 is 1.50 bits per heavy atom. The van der Waals surface area contributed by atoms with E-state index in [0.717, 1.165) is 39.3 Å². The summed E-state index contributed by atoms with van der Waals surface area (Å²) in [4.78, 5) is 4.03. The molecule has 0 aromatic carbocycles. The van der Waals surface area contributed by atoms with E-state index < -0.39 is 0 Å². The standard InChI is InChI=1S/C16H28N2OS/c1-4-17-16-7-8-19-12-14(16)10-18(13(2)3)11-15-6-5-9-20-15/h5-6,9,13-14,16-17H,4,7-8,10-12H2,1-3H3. The van der Waals surface area contributed by atoms with E-state index in [2.05, 4.69) is 48.5 Å². The molecule has 1 aliphatic rings. The lowest BCUT2D eigenvalue weighted by atomic mass is 9.94. The van der Waals surface area contributed by atoms with Crippen LogP contribution >= 0.6 is 11.3 Å². The van der Waals surface area contributed by atoms with Gasteiger partial charge in [-0.05, 0) is 38.3 Å². The lowest BCUT2D eigenvalue weighted by molar-refractivity contribution is 0.0112. The van der Waals surface area contributed by atoms with E-state index in [1.807, 2.05) is 11.3 Å². The van der Waals surface area contributed by atoms with Crippen LogP contribution in [0.4, 0.5) is 0 Å². The van der Waals surface area contributed by atoms with Crippen LogP contribution < -0.4 is 5.32 Å². The zero-order valence-corrected chi connectivity index (χ0v) is 13.8. The summed E-state index contributed by atoms with van der Waals surface area (Å²) in [6.07, 6.45) is 1.14. The molecule has 1 aromatic rings. The Balaban J connectivity index is 1.95. The molecule has 0 radical (unpaired) electrons. The first-order valence-corrected chi connectivity index (χ1v) is 8.66. The number of hydrogen-bond acceptors (Lipinski definition) is 4. The molecule has 1 fully saturated rings. The van der Waals surface area contributed by atoms with Crippen LogP contribution in [-0.2, 0) is 11.3 Å². The molecule has 20 heavy (non-hydrogen) atoms. The Morgan fingerprint density at radius 3 is 3.00 bits per heavy atom. The van der Waals surface area contributed by atoms with Gasteiger partial charge in [0.1, 0.15) is 0 Å². The van der Waals surface area contributed by atoms with Crippen molar-refractivity contribution in [1.29, 1.82) is 0 Å². The van der Waals surface area contributed by atoms with Gasteiger partial charge in [0.2, 0.25) is 0 Å². The Morgan fingerprint density at radius 2 is 2.35 bits per heavy atom. The lowest BCUT2D eigenvalue weighted by Crippen LogP contribution is -2.48. The monoisotopic (exact) mass is 296 g/mol. The fourth-order valence-electron chi connectivity index (χ4n) is 2.87. The van der Waals surface area contributed by atoms with Gasteiger partial charge in [0, 0.05) is 42.6 Å². The van der Waals surface area contributed by atoms with E-state index in [-0.39, 0.29) is 0 Å². The molecule has 1 saturated heterocycles. The number of nitrogens with zero attached hydrogens (tertiary/aromatic N) is 1. The first-order valence-electron chi connectivity index (χ1n) is 7.78. The van der Waals surface area contributed by atoms with Gasteiger partial charge in [-0.25, -0.2) is 0 Å². The number of rotatable bonds is 7. The summed E-state index contributed by atoms with van der Waals surface area (Å²) in [5.74, 6) is 0.603. The molecular weight excluding hydrogens is 268 g/mol. The van der Waals surface area contributed by atoms with Crippen molar-refractivity contribution >= 4 is 11.3 Å². The van der Waals surface area contributed by atoms with E-state index in [1.165, 1.54) is 4.88 Å². The number of nitrogens with one attached hydrogen (secondary N) is 1. The smallest absolute Gasteiger partial charge is 0.0521 e. The maximum absolute atomic E-state index is 5.71. The van der Waals surface area contributed by atoms with E-state index >= 15 is 0 Å².